The lowest BCUT2D eigenvalue weighted by Gasteiger charge is -2.19. The van der Waals surface area contributed by atoms with E-state index < -0.39 is 23.5 Å². The second-order valence-electron chi connectivity index (χ2n) is 7.43. The van der Waals surface area contributed by atoms with E-state index in [0.29, 0.717) is 16.9 Å². The number of aromatic hydroxyl groups is 1. The van der Waals surface area contributed by atoms with Crippen LogP contribution >= 0.6 is 0 Å². The number of benzene rings is 2. The highest BCUT2D eigenvalue weighted by atomic mass is 16.7. The summed E-state index contributed by atoms with van der Waals surface area (Å²) in [6, 6.07) is 9.58. The third kappa shape index (κ3) is 3.20. The highest BCUT2D eigenvalue weighted by Crippen LogP contribution is 2.47. The summed E-state index contributed by atoms with van der Waals surface area (Å²) in [5.74, 6) is -0.249. The Hall–Kier alpha value is -3.98. The smallest absolute Gasteiger partial charge is 0.344 e. The molecule has 2 atom stereocenters. The fourth-order valence-electron chi connectivity index (χ4n) is 4.17. The van der Waals surface area contributed by atoms with Gasteiger partial charge in [0.05, 0.1) is 42.0 Å². The van der Waals surface area contributed by atoms with Gasteiger partial charge in [-0.1, -0.05) is 0 Å². The molecule has 0 bridgehead atoms. The van der Waals surface area contributed by atoms with Crippen molar-refractivity contribution in [2.24, 2.45) is 0 Å². The first kappa shape index (κ1) is 20.9. The van der Waals surface area contributed by atoms with Gasteiger partial charge in [-0.2, -0.15) is 0 Å². The fraction of sp³-hybridized carbons (Fsp3) is 0.250. The molecular formula is C24H20O9. The minimum atomic E-state index is -1.08. The van der Waals surface area contributed by atoms with E-state index in [1.54, 1.807) is 31.2 Å². The van der Waals surface area contributed by atoms with Crippen LogP contribution in [-0.2, 0) is 4.74 Å². The van der Waals surface area contributed by atoms with Crippen LogP contribution < -0.4 is 25.5 Å². The van der Waals surface area contributed by atoms with Crippen LogP contribution in [0.25, 0.3) is 21.9 Å². The quantitative estimate of drug-likeness (QED) is 0.454. The van der Waals surface area contributed by atoms with Gasteiger partial charge >= 0.3 is 11.3 Å². The Morgan fingerprint density at radius 2 is 1.45 bits per heavy atom. The summed E-state index contributed by atoms with van der Waals surface area (Å²) in [6.07, 6.45) is -1.07. The van der Waals surface area contributed by atoms with Crippen LogP contribution in [-0.4, -0.2) is 32.2 Å². The number of fused-ring (bicyclic) bond motifs is 4. The highest BCUT2D eigenvalue weighted by molar-refractivity contribution is 5.88. The lowest BCUT2D eigenvalue weighted by Crippen LogP contribution is -2.29. The van der Waals surface area contributed by atoms with Crippen molar-refractivity contribution in [3.63, 3.8) is 0 Å². The standard InChI is InChI=1S/C24H20O9/c1-4-30-24-17(18-20(25)13-9-11(28-2)5-7-15(13)31-22(18)26)19-21(33-24)14-10-12(29-3)6-8-16(14)32-23(19)27/h5-10,17,24-25H,4H2,1-3H3. The monoisotopic (exact) mass is 452 g/mol. The summed E-state index contributed by atoms with van der Waals surface area (Å²) in [7, 11) is 2.99. The zero-order valence-corrected chi connectivity index (χ0v) is 18.0. The summed E-state index contributed by atoms with van der Waals surface area (Å²) in [4.78, 5) is 26.0. The largest absolute Gasteiger partial charge is 0.507 e. The summed E-state index contributed by atoms with van der Waals surface area (Å²) in [6.45, 7) is 1.98. The molecule has 9 nitrogen and oxygen atoms in total. The van der Waals surface area contributed by atoms with Crippen LogP contribution in [0.1, 0.15) is 24.0 Å². The Morgan fingerprint density at radius 3 is 2.06 bits per heavy atom. The van der Waals surface area contributed by atoms with Gasteiger partial charge in [0.2, 0.25) is 6.29 Å². The molecule has 0 spiro atoms. The Labute approximate surface area is 186 Å². The van der Waals surface area contributed by atoms with Crippen molar-refractivity contribution in [3.05, 3.63) is 68.4 Å². The van der Waals surface area contributed by atoms with Crippen LogP contribution in [0.4, 0.5) is 0 Å². The maximum absolute atomic E-state index is 13.0. The Balaban J connectivity index is 1.82. The third-order valence-electron chi connectivity index (χ3n) is 5.68. The first-order valence-corrected chi connectivity index (χ1v) is 10.2. The summed E-state index contributed by atoms with van der Waals surface area (Å²) in [5.41, 5.74) is -1.18. The highest BCUT2D eigenvalue weighted by Gasteiger charge is 2.44. The molecule has 0 fully saturated rings. The van der Waals surface area contributed by atoms with Crippen molar-refractivity contribution in [2.75, 3.05) is 20.8 Å². The zero-order chi connectivity index (χ0) is 23.3. The van der Waals surface area contributed by atoms with Gasteiger partial charge in [-0.3, -0.25) is 0 Å². The van der Waals surface area contributed by atoms with E-state index in [-0.39, 0.29) is 45.8 Å². The first-order chi connectivity index (χ1) is 16.0. The number of methoxy groups -OCH3 is 2. The minimum absolute atomic E-state index is 0.0547. The molecule has 0 amide bonds. The molecule has 1 aliphatic heterocycles. The van der Waals surface area contributed by atoms with Crippen molar-refractivity contribution >= 4 is 21.9 Å². The van der Waals surface area contributed by atoms with Crippen molar-refractivity contribution < 1.29 is 32.9 Å². The lowest BCUT2D eigenvalue weighted by molar-refractivity contribution is -0.0698. The van der Waals surface area contributed by atoms with Gasteiger partial charge in [0.15, 0.2) is 0 Å². The maximum atomic E-state index is 13.0. The average molecular weight is 452 g/mol. The molecule has 0 radical (unpaired) electrons. The molecule has 33 heavy (non-hydrogen) atoms. The fourth-order valence-corrected chi connectivity index (χ4v) is 4.17. The van der Waals surface area contributed by atoms with Crippen LogP contribution in [0.3, 0.4) is 0 Å². The molecule has 0 aliphatic carbocycles. The molecule has 1 aliphatic rings. The Kier molecular flexibility index (Phi) is 4.98. The molecule has 5 rings (SSSR count). The number of ether oxygens (including phenoxy) is 4. The average Bonchev–Trinajstić information content (AvgIpc) is 3.19. The Bertz CT molecular complexity index is 1500. The van der Waals surface area contributed by atoms with E-state index >= 15 is 0 Å². The van der Waals surface area contributed by atoms with Gasteiger partial charge in [-0.05, 0) is 43.3 Å². The second kappa shape index (κ2) is 7.86. The van der Waals surface area contributed by atoms with Crippen LogP contribution in [0.2, 0.25) is 0 Å². The zero-order valence-electron chi connectivity index (χ0n) is 18.0. The minimum Gasteiger partial charge on any atom is -0.507 e. The van der Waals surface area contributed by atoms with E-state index in [9.17, 15) is 14.7 Å². The second-order valence-corrected chi connectivity index (χ2v) is 7.43. The Morgan fingerprint density at radius 1 is 0.879 bits per heavy atom. The van der Waals surface area contributed by atoms with Crippen molar-refractivity contribution in [1.82, 2.24) is 0 Å². The molecule has 0 saturated carbocycles. The summed E-state index contributed by atoms with van der Waals surface area (Å²) < 4.78 is 33.2. The van der Waals surface area contributed by atoms with E-state index in [0.717, 1.165) is 0 Å². The number of rotatable bonds is 5. The van der Waals surface area contributed by atoms with Crippen molar-refractivity contribution in [1.29, 1.82) is 0 Å². The van der Waals surface area contributed by atoms with Gasteiger partial charge in [-0.15, -0.1) is 0 Å². The van der Waals surface area contributed by atoms with Crippen molar-refractivity contribution in [3.8, 4) is 23.0 Å². The molecule has 0 saturated heterocycles. The van der Waals surface area contributed by atoms with Crippen LogP contribution in [0.15, 0.2) is 54.8 Å². The molecule has 1 N–H and O–H groups in total. The molecule has 3 heterocycles. The number of hydrogen-bond donors (Lipinski definition) is 1. The van der Waals surface area contributed by atoms with E-state index in [1.807, 2.05) is 0 Å². The van der Waals surface area contributed by atoms with Gasteiger partial charge in [0.1, 0.15) is 34.2 Å². The van der Waals surface area contributed by atoms with Gasteiger partial charge in [-0.25, -0.2) is 9.59 Å². The van der Waals surface area contributed by atoms with E-state index in [2.05, 4.69) is 0 Å². The van der Waals surface area contributed by atoms with Crippen LogP contribution in [0, 0.1) is 0 Å². The molecule has 4 aromatic rings. The predicted molar refractivity (Wildman–Crippen MR) is 118 cm³/mol. The third-order valence-corrected chi connectivity index (χ3v) is 5.68. The van der Waals surface area contributed by atoms with Gasteiger partial charge in [0.25, 0.3) is 0 Å². The SMILES string of the molecule is CCOC1Oc2c(c(=O)oc3ccc(OC)cc23)C1c1c(O)c2cc(OC)ccc2oc1=O. The lowest BCUT2D eigenvalue weighted by atomic mass is 9.92. The van der Waals surface area contributed by atoms with Crippen LogP contribution in [0.5, 0.6) is 23.0 Å². The predicted octanol–water partition coefficient (Wildman–Crippen LogP) is 3.51. The summed E-state index contributed by atoms with van der Waals surface area (Å²) >= 11 is 0. The normalized spacial score (nSPS) is 17.2. The first-order valence-electron chi connectivity index (χ1n) is 10.2. The van der Waals surface area contributed by atoms with Gasteiger partial charge in [0, 0.05) is 6.61 Å². The summed E-state index contributed by atoms with van der Waals surface area (Å²) in [5, 5.41) is 11.9. The van der Waals surface area contributed by atoms with Crippen molar-refractivity contribution in [2.45, 2.75) is 19.1 Å². The molecule has 2 aromatic heterocycles. The van der Waals surface area contributed by atoms with E-state index in [4.69, 9.17) is 27.8 Å². The molecule has 170 valence electrons. The topological polar surface area (TPSA) is 118 Å². The molecule has 9 heteroatoms. The van der Waals surface area contributed by atoms with E-state index in [1.165, 1.54) is 26.4 Å². The molecule has 2 unspecified atom stereocenters. The number of hydrogen-bond acceptors (Lipinski definition) is 9. The maximum Gasteiger partial charge on any atom is 0.344 e. The molecule has 2 aromatic carbocycles. The molecular weight excluding hydrogens is 432 g/mol. The van der Waals surface area contributed by atoms with Gasteiger partial charge < -0.3 is 32.9 Å².